The maximum absolute atomic E-state index is 4.56. The fraction of sp³-hybridized carbons (Fsp3) is 0.611. The molecule has 25 heavy (non-hydrogen) atoms. The Bertz CT molecular complexity index is 645. The molecule has 136 valence electrons. The van der Waals surface area contributed by atoms with E-state index in [9.17, 15) is 0 Å². The molecule has 2 aromatic heterocycles. The molecule has 1 saturated heterocycles. The topological polar surface area (TPSA) is 62.1 Å². The van der Waals surface area contributed by atoms with Crippen LogP contribution in [0.4, 0.5) is 5.95 Å². The monoisotopic (exact) mass is 343 g/mol. The second-order valence-corrected chi connectivity index (χ2v) is 6.92. The van der Waals surface area contributed by atoms with Crippen LogP contribution in [-0.4, -0.2) is 63.9 Å². The summed E-state index contributed by atoms with van der Waals surface area (Å²) in [5, 5.41) is 8.13. The first kappa shape index (κ1) is 17.8. The van der Waals surface area contributed by atoms with E-state index in [2.05, 4.69) is 50.2 Å². The molecule has 1 N–H and O–H groups in total. The van der Waals surface area contributed by atoms with Crippen molar-refractivity contribution in [3.05, 3.63) is 35.9 Å². The summed E-state index contributed by atoms with van der Waals surface area (Å²) in [6, 6.07) is 1.86. The Labute approximate surface area is 150 Å². The smallest absolute Gasteiger partial charge is 0.225 e. The molecule has 0 spiro atoms. The second kappa shape index (κ2) is 8.40. The molecule has 1 aliphatic rings. The van der Waals surface area contributed by atoms with Gasteiger partial charge in [0.1, 0.15) is 0 Å². The van der Waals surface area contributed by atoms with Crippen molar-refractivity contribution in [2.45, 2.75) is 26.3 Å². The molecule has 0 unspecified atom stereocenters. The number of anilines is 1. The fourth-order valence-electron chi connectivity index (χ4n) is 3.26. The number of hydrogen-bond acceptors (Lipinski definition) is 6. The van der Waals surface area contributed by atoms with E-state index in [0.717, 1.165) is 51.8 Å². The molecule has 0 saturated carbocycles. The molecule has 0 aliphatic carbocycles. The van der Waals surface area contributed by atoms with E-state index in [1.54, 1.807) is 0 Å². The average molecular weight is 343 g/mol. The molecule has 0 bridgehead atoms. The molecule has 0 radical (unpaired) electrons. The van der Waals surface area contributed by atoms with E-state index in [0.29, 0.717) is 5.92 Å². The zero-order valence-corrected chi connectivity index (χ0v) is 15.5. The number of piperazine rings is 1. The van der Waals surface area contributed by atoms with Gasteiger partial charge in [0.15, 0.2) is 0 Å². The first-order chi connectivity index (χ1) is 12.1. The van der Waals surface area contributed by atoms with Crippen LogP contribution < -0.4 is 10.2 Å². The van der Waals surface area contributed by atoms with E-state index < -0.39 is 0 Å². The van der Waals surface area contributed by atoms with Crippen molar-refractivity contribution in [1.82, 2.24) is 30.0 Å². The number of aromatic nitrogens is 4. The fourth-order valence-corrected chi connectivity index (χ4v) is 3.26. The second-order valence-electron chi connectivity index (χ2n) is 6.92. The van der Waals surface area contributed by atoms with Crippen molar-refractivity contribution >= 4 is 5.95 Å². The number of hydrogen-bond donors (Lipinski definition) is 1. The van der Waals surface area contributed by atoms with Gasteiger partial charge in [0.25, 0.3) is 0 Å². The van der Waals surface area contributed by atoms with Crippen LogP contribution in [0, 0.1) is 0 Å². The highest BCUT2D eigenvalue weighted by Crippen LogP contribution is 2.16. The van der Waals surface area contributed by atoms with Gasteiger partial charge in [0, 0.05) is 77.0 Å². The molecule has 0 amide bonds. The Kier molecular flexibility index (Phi) is 5.99. The van der Waals surface area contributed by atoms with E-state index in [4.69, 9.17) is 0 Å². The normalized spacial score (nSPS) is 15.9. The number of nitrogens with zero attached hydrogens (tertiary/aromatic N) is 6. The van der Waals surface area contributed by atoms with Crippen LogP contribution >= 0.6 is 0 Å². The molecule has 7 heteroatoms. The molecule has 7 nitrogen and oxygen atoms in total. The van der Waals surface area contributed by atoms with Crippen molar-refractivity contribution in [1.29, 1.82) is 0 Å². The van der Waals surface area contributed by atoms with Gasteiger partial charge in [-0.3, -0.25) is 9.58 Å². The lowest BCUT2D eigenvalue weighted by atomic mass is 10.1. The van der Waals surface area contributed by atoms with Crippen molar-refractivity contribution in [3.63, 3.8) is 0 Å². The highest BCUT2D eigenvalue weighted by molar-refractivity contribution is 5.29. The molecule has 3 heterocycles. The van der Waals surface area contributed by atoms with Crippen molar-refractivity contribution in [2.24, 2.45) is 7.05 Å². The summed E-state index contributed by atoms with van der Waals surface area (Å²) in [5.74, 6) is 1.31. The van der Waals surface area contributed by atoms with Crippen LogP contribution in [0.25, 0.3) is 0 Å². The van der Waals surface area contributed by atoms with E-state index in [1.165, 1.54) is 11.3 Å². The predicted molar refractivity (Wildman–Crippen MR) is 99.7 cm³/mol. The van der Waals surface area contributed by atoms with Crippen LogP contribution in [0.2, 0.25) is 0 Å². The standard InChI is InChI=1S/C18H29N7/c1-15(2)17-16(14-23(3)22-17)13-19-7-8-24-9-11-25(12-10-24)18-20-5-4-6-21-18/h4-6,14-15,19H,7-13H2,1-3H3. The third-order valence-corrected chi connectivity index (χ3v) is 4.61. The maximum Gasteiger partial charge on any atom is 0.225 e. The van der Waals surface area contributed by atoms with Crippen LogP contribution in [0.3, 0.4) is 0 Å². The van der Waals surface area contributed by atoms with Gasteiger partial charge in [-0.05, 0) is 12.0 Å². The Balaban J connectivity index is 1.38. The highest BCUT2D eigenvalue weighted by Gasteiger charge is 2.18. The van der Waals surface area contributed by atoms with Crippen LogP contribution in [0.15, 0.2) is 24.7 Å². The van der Waals surface area contributed by atoms with Crippen LogP contribution in [0.1, 0.15) is 31.0 Å². The largest absolute Gasteiger partial charge is 0.338 e. The molecule has 3 rings (SSSR count). The number of nitrogens with one attached hydrogen (secondary N) is 1. The minimum absolute atomic E-state index is 0.464. The van der Waals surface area contributed by atoms with Gasteiger partial charge in [-0.15, -0.1) is 0 Å². The zero-order chi connectivity index (χ0) is 17.6. The maximum atomic E-state index is 4.56. The summed E-state index contributed by atoms with van der Waals surface area (Å²) < 4.78 is 1.91. The third-order valence-electron chi connectivity index (χ3n) is 4.61. The van der Waals surface area contributed by atoms with Crippen molar-refractivity contribution < 1.29 is 0 Å². The summed E-state index contributed by atoms with van der Waals surface area (Å²) in [7, 11) is 1.99. The van der Waals surface area contributed by atoms with E-state index in [-0.39, 0.29) is 0 Å². The summed E-state index contributed by atoms with van der Waals surface area (Å²) >= 11 is 0. The predicted octanol–water partition coefficient (Wildman–Crippen LogP) is 1.25. The van der Waals surface area contributed by atoms with Gasteiger partial charge < -0.3 is 10.2 Å². The number of rotatable bonds is 7. The molecular formula is C18H29N7. The Morgan fingerprint density at radius 1 is 1.12 bits per heavy atom. The van der Waals surface area contributed by atoms with E-state index >= 15 is 0 Å². The van der Waals surface area contributed by atoms with Crippen molar-refractivity contribution in [2.75, 3.05) is 44.2 Å². The summed E-state index contributed by atoms with van der Waals surface area (Å²) in [6.45, 7) is 11.4. The Morgan fingerprint density at radius 3 is 2.52 bits per heavy atom. The van der Waals surface area contributed by atoms with Gasteiger partial charge in [-0.1, -0.05) is 13.8 Å². The molecule has 1 fully saturated rings. The Hall–Kier alpha value is -1.99. The molecule has 2 aromatic rings. The van der Waals surface area contributed by atoms with Gasteiger partial charge in [-0.25, -0.2) is 9.97 Å². The lowest BCUT2D eigenvalue weighted by Crippen LogP contribution is -2.48. The van der Waals surface area contributed by atoms with Crippen LogP contribution in [0.5, 0.6) is 0 Å². The summed E-state index contributed by atoms with van der Waals surface area (Å²) in [5.41, 5.74) is 2.51. The van der Waals surface area contributed by atoms with Gasteiger partial charge in [-0.2, -0.15) is 5.10 Å². The first-order valence-corrected chi connectivity index (χ1v) is 9.11. The van der Waals surface area contributed by atoms with Crippen LogP contribution in [-0.2, 0) is 13.6 Å². The van der Waals surface area contributed by atoms with Gasteiger partial charge in [0.2, 0.25) is 5.95 Å². The van der Waals surface area contributed by atoms with E-state index in [1.807, 2.05) is 30.2 Å². The zero-order valence-electron chi connectivity index (χ0n) is 15.5. The van der Waals surface area contributed by atoms with Crippen molar-refractivity contribution in [3.8, 4) is 0 Å². The lowest BCUT2D eigenvalue weighted by molar-refractivity contribution is 0.256. The van der Waals surface area contributed by atoms with Gasteiger partial charge >= 0.3 is 0 Å². The summed E-state index contributed by atoms with van der Waals surface area (Å²) in [4.78, 5) is 13.4. The SMILES string of the molecule is CC(C)c1nn(C)cc1CNCCN1CCN(c2ncccn2)CC1. The molecule has 1 aliphatic heterocycles. The molecular weight excluding hydrogens is 314 g/mol. The third kappa shape index (κ3) is 4.76. The number of aryl methyl sites for hydroxylation is 1. The first-order valence-electron chi connectivity index (χ1n) is 9.11. The minimum Gasteiger partial charge on any atom is -0.338 e. The summed E-state index contributed by atoms with van der Waals surface area (Å²) in [6.07, 6.45) is 5.74. The Morgan fingerprint density at radius 2 is 1.84 bits per heavy atom. The lowest BCUT2D eigenvalue weighted by Gasteiger charge is -2.34. The molecule has 0 atom stereocenters. The molecule has 0 aromatic carbocycles. The minimum atomic E-state index is 0.464. The average Bonchev–Trinajstić information content (AvgIpc) is 3.01. The quantitative estimate of drug-likeness (QED) is 0.764. The van der Waals surface area contributed by atoms with Gasteiger partial charge in [0.05, 0.1) is 5.69 Å². The highest BCUT2D eigenvalue weighted by atomic mass is 15.3.